The third-order valence-corrected chi connectivity index (χ3v) is 4.23. The van der Waals surface area contributed by atoms with Gasteiger partial charge < -0.3 is 15.4 Å². The Morgan fingerprint density at radius 3 is 2.21 bits per heavy atom. The van der Waals surface area contributed by atoms with Gasteiger partial charge in [-0.25, -0.2) is 4.39 Å². The zero-order chi connectivity index (χ0) is 19.8. The summed E-state index contributed by atoms with van der Waals surface area (Å²) in [6.45, 7) is 0.900. The molecule has 0 fully saturated rings. The molecule has 3 aromatic carbocycles. The molecule has 2 N–H and O–H groups in total. The molecule has 4 nitrogen and oxygen atoms in total. The standard InChI is InChI=1S/C22H20ClFN2O2/c23-17-3-1-16(2-4-17)15-28-21-11-9-20(10-12-21)26-22(27)13-14-25-19-7-5-18(24)6-8-19/h1-12,25H,13-15H2,(H,26,27). The zero-order valence-electron chi connectivity index (χ0n) is 15.1. The van der Waals surface area contributed by atoms with Crippen molar-refractivity contribution in [3.63, 3.8) is 0 Å². The number of ether oxygens (including phenoxy) is 1. The lowest BCUT2D eigenvalue weighted by atomic mass is 10.2. The summed E-state index contributed by atoms with van der Waals surface area (Å²) >= 11 is 5.86. The molecule has 0 saturated carbocycles. The number of rotatable bonds is 8. The molecule has 0 unspecified atom stereocenters. The van der Waals surface area contributed by atoms with Crippen molar-refractivity contribution >= 4 is 28.9 Å². The molecule has 3 rings (SSSR count). The van der Waals surface area contributed by atoms with Gasteiger partial charge in [0.2, 0.25) is 5.91 Å². The van der Waals surface area contributed by atoms with Gasteiger partial charge in [-0.15, -0.1) is 0 Å². The first kappa shape index (κ1) is 19.7. The number of carbonyl (C=O) groups is 1. The summed E-state index contributed by atoms with van der Waals surface area (Å²) in [5.41, 5.74) is 2.50. The Morgan fingerprint density at radius 2 is 1.54 bits per heavy atom. The highest BCUT2D eigenvalue weighted by Crippen LogP contribution is 2.18. The Morgan fingerprint density at radius 1 is 0.893 bits per heavy atom. The van der Waals surface area contributed by atoms with Crippen LogP contribution in [0, 0.1) is 5.82 Å². The van der Waals surface area contributed by atoms with Crippen LogP contribution in [0.2, 0.25) is 5.02 Å². The van der Waals surface area contributed by atoms with E-state index in [9.17, 15) is 9.18 Å². The SMILES string of the molecule is O=C(CCNc1ccc(F)cc1)Nc1ccc(OCc2ccc(Cl)cc2)cc1. The molecular weight excluding hydrogens is 379 g/mol. The second-order valence-corrected chi connectivity index (χ2v) is 6.61. The molecular formula is C22H20ClFN2O2. The molecule has 0 aliphatic carbocycles. The molecule has 28 heavy (non-hydrogen) atoms. The number of halogens is 2. The van der Waals surface area contributed by atoms with E-state index in [0.29, 0.717) is 36.0 Å². The van der Waals surface area contributed by atoms with E-state index in [1.54, 1.807) is 24.3 Å². The van der Waals surface area contributed by atoms with Gasteiger partial charge in [0.1, 0.15) is 18.2 Å². The quantitative estimate of drug-likeness (QED) is 0.526. The largest absolute Gasteiger partial charge is 0.489 e. The highest BCUT2D eigenvalue weighted by atomic mass is 35.5. The predicted octanol–water partition coefficient (Wildman–Crippen LogP) is 5.50. The Balaban J connectivity index is 1.41. The van der Waals surface area contributed by atoms with Gasteiger partial charge in [0, 0.05) is 29.4 Å². The molecule has 0 heterocycles. The second kappa shape index (κ2) is 9.76. The summed E-state index contributed by atoms with van der Waals surface area (Å²) in [4.78, 5) is 12.0. The van der Waals surface area contributed by atoms with Gasteiger partial charge in [-0.2, -0.15) is 0 Å². The highest BCUT2D eigenvalue weighted by molar-refractivity contribution is 6.30. The number of anilines is 2. The van der Waals surface area contributed by atoms with Crippen LogP contribution in [0.4, 0.5) is 15.8 Å². The zero-order valence-corrected chi connectivity index (χ0v) is 15.9. The fraction of sp³-hybridized carbons (Fsp3) is 0.136. The van der Waals surface area contributed by atoms with Crippen molar-refractivity contribution in [3.8, 4) is 5.75 Å². The van der Waals surface area contributed by atoms with Crippen molar-refractivity contribution in [1.82, 2.24) is 0 Å². The lowest BCUT2D eigenvalue weighted by Gasteiger charge is -2.09. The molecule has 0 aromatic heterocycles. The van der Waals surface area contributed by atoms with Crippen LogP contribution in [0.3, 0.4) is 0 Å². The fourth-order valence-electron chi connectivity index (χ4n) is 2.49. The second-order valence-electron chi connectivity index (χ2n) is 6.17. The van der Waals surface area contributed by atoms with Crippen LogP contribution in [0.5, 0.6) is 5.75 Å². The maximum Gasteiger partial charge on any atom is 0.226 e. The molecule has 0 aliphatic rings. The van der Waals surface area contributed by atoms with Crippen LogP contribution in [-0.4, -0.2) is 12.5 Å². The van der Waals surface area contributed by atoms with Gasteiger partial charge in [0.25, 0.3) is 0 Å². The van der Waals surface area contributed by atoms with E-state index in [2.05, 4.69) is 10.6 Å². The Labute approximate surface area is 168 Å². The minimum atomic E-state index is -0.288. The topological polar surface area (TPSA) is 50.4 Å². The number of nitrogens with one attached hydrogen (secondary N) is 2. The van der Waals surface area contributed by atoms with E-state index in [4.69, 9.17) is 16.3 Å². The highest BCUT2D eigenvalue weighted by Gasteiger charge is 2.03. The summed E-state index contributed by atoms with van der Waals surface area (Å²) in [5.74, 6) is 0.319. The van der Waals surface area contributed by atoms with Crippen molar-refractivity contribution in [2.75, 3.05) is 17.2 Å². The monoisotopic (exact) mass is 398 g/mol. The van der Waals surface area contributed by atoms with E-state index in [-0.39, 0.29) is 11.7 Å². The summed E-state index contributed by atoms with van der Waals surface area (Å²) in [5, 5.41) is 6.60. The van der Waals surface area contributed by atoms with E-state index in [1.165, 1.54) is 12.1 Å². The number of benzene rings is 3. The Hall–Kier alpha value is -3.05. The molecule has 0 spiro atoms. The molecule has 0 saturated heterocycles. The third kappa shape index (κ3) is 6.28. The molecule has 1 amide bonds. The van der Waals surface area contributed by atoms with Crippen molar-refractivity contribution in [2.24, 2.45) is 0 Å². The average molecular weight is 399 g/mol. The predicted molar refractivity (Wildman–Crippen MR) is 110 cm³/mol. The minimum Gasteiger partial charge on any atom is -0.489 e. The molecule has 0 atom stereocenters. The van der Waals surface area contributed by atoms with Gasteiger partial charge >= 0.3 is 0 Å². The van der Waals surface area contributed by atoms with E-state index >= 15 is 0 Å². The number of hydrogen-bond donors (Lipinski definition) is 2. The first-order valence-electron chi connectivity index (χ1n) is 8.85. The Bertz CT molecular complexity index is 897. The summed E-state index contributed by atoms with van der Waals surface area (Å²) in [6, 6.07) is 20.7. The van der Waals surface area contributed by atoms with Crippen LogP contribution in [0.1, 0.15) is 12.0 Å². The van der Waals surface area contributed by atoms with Gasteiger partial charge in [-0.3, -0.25) is 4.79 Å². The van der Waals surface area contributed by atoms with Crippen LogP contribution in [0.15, 0.2) is 72.8 Å². The fourth-order valence-corrected chi connectivity index (χ4v) is 2.62. The van der Waals surface area contributed by atoms with Gasteiger partial charge in [0.05, 0.1) is 0 Å². The first-order chi connectivity index (χ1) is 13.6. The van der Waals surface area contributed by atoms with E-state index in [0.717, 1.165) is 11.3 Å². The average Bonchev–Trinajstić information content (AvgIpc) is 2.70. The van der Waals surface area contributed by atoms with E-state index < -0.39 is 0 Å². The summed E-state index contributed by atoms with van der Waals surface area (Å²) in [6.07, 6.45) is 0.298. The number of hydrogen-bond acceptors (Lipinski definition) is 3. The number of carbonyl (C=O) groups excluding carboxylic acids is 1. The normalized spacial score (nSPS) is 10.4. The molecule has 0 aliphatic heterocycles. The minimum absolute atomic E-state index is 0.107. The lowest BCUT2D eigenvalue weighted by molar-refractivity contribution is -0.115. The molecule has 0 radical (unpaired) electrons. The van der Waals surface area contributed by atoms with Crippen molar-refractivity contribution in [3.05, 3.63) is 89.2 Å². The van der Waals surface area contributed by atoms with Crippen LogP contribution >= 0.6 is 11.6 Å². The smallest absolute Gasteiger partial charge is 0.226 e. The molecule has 6 heteroatoms. The van der Waals surface area contributed by atoms with Crippen molar-refractivity contribution in [1.29, 1.82) is 0 Å². The summed E-state index contributed by atoms with van der Waals surface area (Å²) in [7, 11) is 0. The van der Waals surface area contributed by atoms with Gasteiger partial charge in [0.15, 0.2) is 0 Å². The van der Waals surface area contributed by atoms with E-state index in [1.807, 2.05) is 36.4 Å². The number of amides is 1. The third-order valence-electron chi connectivity index (χ3n) is 3.98. The van der Waals surface area contributed by atoms with Crippen LogP contribution in [-0.2, 0) is 11.4 Å². The van der Waals surface area contributed by atoms with Crippen molar-refractivity contribution in [2.45, 2.75) is 13.0 Å². The van der Waals surface area contributed by atoms with Crippen LogP contribution < -0.4 is 15.4 Å². The van der Waals surface area contributed by atoms with Crippen LogP contribution in [0.25, 0.3) is 0 Å². The molecule has 144 valence electrons. The lowest BCUT2D eigenvalue weighted by Crippen LogP contribution is -2.16. The summed E-state index contributed by atoms with van der Waals surface area (Å²) < 4.78 is 18.6. The van der Waals surface area contributed by atoms with Gasteiger partial charge in [-0.05, 0) is 66.2 Å². The molecule has 3 aromatic rings. The maximum atomic E-state index is 12.9. The van der Waals surface area contributed by atoms with Crippen molar-refractivity contribution < 1.29 is 13.9 Å². The molecule has 0 bridgehead atoms. The Kier molecular flexibility index (Phi) is 6.87. The van der Waals surface area contributed by atoms with Gasteiger partial charge in [-0.1, -0.05) is 23.7 Å². The first-order valence-corrected chi connectivity index (χ1v) is 9.23. The maximum absolute atomic E-state index is 12.9.